The largest absolute Gasteiger partial charge is 0.413 e. The molecule has 1 aromatic carbocycles. The maximum atomic E-state index is 5.94. The van der Waals surface area contributed by atoms with E-state index in [0.717, 1.165) is 24.2 Å². The Morgan fingerprint density at radius 2 is 2.00 bits per heavy atom. The van der Waals surface area contributed by atoms with Crippen LogP contribution in [0.2, 0.25) is 0 Å². The highest BCUT2D eigenvalue weighted by atomic mass is 16.7. The van der Waals surface area contributed by atoms with Crippen LogP contribution >= 0.6 is 0 Å². The van der Waals surface area contributed by atoms with Gasteiger partial charge in [0.15, 0.2) is 0 Å². The van der Waals surface area contributed by atoms with Gasteiger partial charge in [0.25, 0.3) is 0 Å². The van der Waals surface area contributed by atoms with E-state index in [1.54, 1.807) is 0 Å². The van der Waals surface area contributed by atoms with Crippen LogP contribution in [0.3, 0.4) is 0 Å². The third-order valence-electron chi connectivity index (χ3n) is 2.91. The molecule has 0 saturated heterocycles. The van der Waals surface area contributed by atoms with Crippen LogP contribution in [0, 0.1) is 0 Å². The van der Waals surface area contributed by atoms with E-state index in [1.807, 2.05) is 29.5 Å². The fourth-order valence-corrected chi connectivity index (χ4v) is 1.83. The molecule has 0 radical (unpaired) electrons. The Kier molecular flexibility index (Phi) is 3.11. The molecule has 3 nitrogen and oxygen atoms in total. The summed E-state index contributed by atoms with van der Waals surface area (Å²) in [4.78, 5) is 5.57. The zero-order chi connectivity index (χ0) is 12.5. The van der Waals surface area contributed by atoms with E-state index in [9.17, 15) is 0 Å². The SMILES string of the molecule is CC(C)(C)N1CC(Cc2ccccc2N)=CO1. The number of para-hydroxylation sites is 1. The summed E-state index contributed by atoms with van der Waals surface area (Å²) in [6, 6.07) is 7.98. The first-order valence-electron chi connectivity index (χ1n) is 5.92. The van der Waals surface area contributed by atoms with Crippen LogP contribution in [0.15, 0.2) is 36.1 Å². The minimum atomic E-state index is 0.0283. The van der Waals surface area contributed by atoms with Gasteiger partial charge in [-0.1, -0.05) is 18.2 Å². The Balaban J connectivity index is 2.01. The summed E-state index contributed by atoms with van der Waals surface area (Å²) in [6.45, 7) is 7.26. The van der Waals surface area contributed by atoms with Crippen LogP contribution in [0.25, 0.3) is 0 Å². The predicted molar refractivity (Wildman–Crippen MR) is 70.2 cm³/mol. The lowest BCUT2D eigenvalue weighted by Gasteiger charge is -2.29. The molecule has 1 aliphatic heterocycles. The van der Waals surface area contributed by atoms with Gasteiger partial charge in [-0.15, -0.1) is 5.06 Å². The zero-order valence-corrected chi connectivity index (χ0v) is 10.7. The van der Waals surface area contributed by atoms with Gasteiger partial charge in [0.1, 0.15) is 6.26 Å². The molecule has 0 atom stereocenters. The first-order valence-corrected chi connectivity index (χ1v) is 5.92. The number of nitrogens with two attached hydrogens (primary N) is 1. The summed E-state index contributed by atoms with van der Waals surface area (Å²) >= 11 is 0. The molecular formula is C14H20N2O. The maximum Gasteiger partial charge on any atom is 0.112 e. The highest BCUT2D eigenvalue weighted by Crippen LogP contribution is 2.24. The summed E-state index contributed by atoms with van der Waals surface area (Å²) in [5, 5.41) is 1.99. The molecule has 0 saturated carbocycles. The summed E-state index contributed by atoms with van der Waals surface area (Å²) < 4.78 is 0. The van der Waals surface area contributed by atoms with Crippen molar-refractivity contribution in [1.29, 1.82) is 0 Å². The number of hydrogen-bond donors (Lipinski definition) is 1. The fourth-order valence-electron chi connectivity index (χ4n) is 1.83. The first-order chi connectivity index (χ1) is 7.97. The van der Waals surface area contributed by atoms with Crippen LogP contribution in [-0.2, 0) is 11.3 Å². The van der Waals surface area contributed by atoms with E-state index < -0.39 is 0 Å². The number of benzene rings is 1. The van der Waals surface area contributed by atoms with Gasteiger partial charge >= 0.3 is 0 Å². The molecule has 0 fully saturated rings. The molecule has 0 amide bonds. The lowest BCUT2D eigenvalue weighted by atomic mass is 10.0. The third-order valence-corrected chi connectivity index (χ3v) is 2.91. The molecule has 1 aliphatic rings. The standard InChI is InChI=1S/C14H20N2O/c1-14(2,3)16-9-11(10-17-16)8-12-6-4-5-7-13(12)15/h4-7,10H,8-9,15H2,1-3H3. The molecule has 92 valence electrons. The Hall–Kier alpha value is -1.48. The van der Waals surface area contributed by atoms with Gasteiger partial charge in [0.05, 0.1) is 6.54 Å². The van der Waals surface area contributed by atoms with Crippen molar-refractivity contribution in [1.82, 2.24) is 5.06 Å². The smallest absolute Gasteiger partial charge is 0.112 e. The normalized spacial score (nSPS) is 16.8. The summed E-state index contributed by atoms with van der Waals surface area (Å²) in [5.41, 5.74) is 9.24. The van der Waals surface area contributed by atoms with Gasteiger partial charge in [0.2, 0.25) is 0 Å². The molecule has 0 unspecified atom stereocenters. The third kappa shape index (κ3) is 2.80. The van der Waals surface area contributed by atoms with E-state index in [2.05, 4.69) is 26.8 Å². The van der Waals surface area contributed by atoms with Crippen molar-refractivity contribution in [2.75, 3.05) is 12.3 Å². The molecule has 0 spiro atoms. The molecule has 0 bridgehead atoms. The highest BCUT2D eigenvalue weighted by Gasteiger charge is 2.27. The highest BCUT2D eigenvalue weighted by molar-refractivity contribution is 5.48. The maximum absolute atomic E-state index is 5.94. The van der Waals surface area contributed by atoms with E-state index >= 15 is 0 Å². The molecular weight excluding hydrogens is 212 g/mol. The van der Waals surface area contributed by atoms with Gasteiger partial charge in [-0.2, -0.15) is 0 Å². The molecule has 3 heteroatoms. The van der Waals surface area contributed by atoms with E-state index in [0.29, 0.717) is 0 Å². The van der Waals surface area contributed by atoms with Crippen molar-refractivity contribution in [3.05, 3.63) is 41.7 Å². The number of hydroxylamine groups is 2. The van der Waals surface area contributed by atoms with Gasteiger partial charge < -0.3 is 10.6 Å². The number of nitrogens with zero attached hydrogens (tertiary/aromatic N) is 1. The van der Waals surface area contributed by atoms with Crippen LogP contribution in [0.1, 0.15) is 26.3 Å². The Morgan fingerprint density at radius 3 is 2.59 bits per heavy atom. The minimum absolute atomic E-state index is 0.0283. The second-order valence-electron chi connectivity index (χ2n) is 5.46. The van der Waals surface area contributed by atoms with Crippen LogP contribution in [-0.4, -0.2) is 17.1 Å². The van der Waals surface area contributed by atoms with Gasteiger partial charge in [-0.25, -0.2) is 0 Å². The van der Waals surface area contributed by atoms with Gasteiger partial charge in [-0.3, -0.25) is 0 Å². The van der Waals surface area contributed by atoms with E-state index in [4.69, 9.17) is 10.6 Å². The predicted octanol–water partition coefficient (Wildman–Crippen LogP) is 2.74. The van der Waals surface area contributed by atoms with Crippen LogP contribution in [0.5, 0.6) is 0 Å². The van der Waals surface area contributed by atoms with Crippen LogP contribution < -0.4 is 5.73 Å². The van der Waals surface area contributed by atoms with Crippen molar-refractivity contribution < 1.29 is 4.84 Å². The lowest BCUT2D eigenvalue weighted by Crippen LogP contribution is -2.38. The molecule has 0 aliphatic carbocycles. The Labute approximate surface area is 103 Å². The van der Waals surface area contributed by atoms with Crippen molar-refractivity contribution in [2.45, 2.75) is 32.7 Å². The molecule has 17 heavy (non-hydrogen) atoms. The summed E-state index contributed by atoms with van der Waals surface area (Å²) in [6.07, 6.45) is 2.71. The first kappa shape index (κ1) is 12.0. The topological polar surface area (TPSA) is 38.5 Å². The quantitative estimate of drug-likeness (QED) is 0.797. The molecule has 0 aromatic heterocycles. The Morgan fingerprint density at radius 1 is 1.29 bits per heavy atom. The van der Waals surface area contributed by atoms with Crippen molar-refractivity contribution in [3.63, 3.8) is 0 Å². The summed E-state index contributed by atoms with van der Waals surface area (Å²) in [5.74, 6) is 0. The number of nitrogen functional groups attached to an aromatic ring is 1. The number of rotatable bonds is 2. The van der Waals surface area contributed by atoms with E-state index in [-0.39, 0.29) is 5.54 Å². The summed E-state index contributed by atoms with van der Waals surface area (Å²) in [7, 11) is 0. The molecule has 2 N–H and O–H groups in total. The molecule has 1 heterocycles. The number of hydrogen-bond acceptors (Lipinski definition) is 3. The van der Waals surface area contributed by atoms with Gasteiger partial charge in [0, 0.05) is 17.6 Å². The van der Waals surface area contributed by atoms with Crippen LogP contribution in [0.4, 0.5) is 5.69 Å². The zero-order valence-electron chi connectivity index (χ0n) is 10.7. The second kappa shape index (κ2) is 4.41. The Bertz CT molecular complexity index is 432. The molecule has 2 rings (SSSR count). The monoisotopic (exact) mass is 232 g/mol. The van der Waals surface area contributed by atoms with E-state index in [1.165, 1.54) is 5.57 Å². The minimum Gasteiger partial charge on any atom is -0.413 e. The number of anilines is 1. The van der Waals surface area contributed by atoms with Crippen molar-refractivity contribution in [2.24, 2.45) is 0 Å². The van der Waals surface area contributed by atoms with Gasteiger partial charge in [-0.05, 0) is 38.0 Å². The average Bonchev–Trinajstić information content (AvgIpc) is 2.69. The fraction of sp³-hybridized carbons (Fsp3) is 0.429. The molecule has 1 aromatic rings. The average molecular weight is 232 g/mol. The van der Waals surface area contributed by atoms with Crippen molar-refractivity contribution >= 4 is 5.69 Å². The second-order valence-corrected chi connectivity index (χ2v) is 5.46. The van der Waals surface area contributed by atoms with Crippen molar-refractivity contribution in [3.8, 4) is 0 Å². The lowest BCUT2D eigenvalue weighted by molar-refractivity contribution is -0.140.